The van der Waals surface area contributed by atoms with Gasteiger partial charge in [0.15, 0.2) is 6.17 Å². The Labute approximate surface area is 253 Å². The smallest absolute Gasteiger partial charge is 0.305 e. The van der Waals surface area contributed by atoms with Gasteiger partial charge in [0.05, 0.1) is 22.5 Å². The molecule has 0 spiro atoms. The van der Waals surface area contributed by atoms with Crippen molar-refractivity contribution in [3.8, 4) is 0 Å². The number of aliphatic carboxylic acids is 1. The van der Waals surface area contributed by atoms with Crippen molar-refractivity contribution in [3.63, 3.8) is 0 Å². The second-order valence-corrected chi connectivity index (χ2v) is 11.9. The van der Waals surface area contributed by atoms with E-state index in [1.807, 2.05) is 32.9 Å². The number of carboxylic acids is 1. The summed E-state index contributed by atoms with van der Waals surface area (Å²) in [5.41, 5.74) is 1.71. The van der Waals surface area contributed by atoms with Gasteiger partial charge in [0.2, 0.25) is 0 Å². The van der Waals surface area contributed by atoms with Crippen LogP contribution in [0.5, 0.6) is 0 Å². The van der Waals surface area contributed by atoms with Crippen molar-refractivity contribution in [2.75, 3.05) is 13.1 Å². The molecule has 1 heterocycles. The van der Waals surface area contributed by atoms with Gasteiger partial charge >= 0.3 is 5.97 Å². The summed E-state index contributed by atoms with van der Waals surface area (Å²) in [6, 6.07) is 15.3. The quantitative estimate of drug-likeness (QED) is 0.356. The van der Waals surface area contributed by atoms with E-state index in [1.165, 1.54) is 40.1 Å². The van der Waals surface area contributed by atoms with Gasteiger partial charge in [-0.05, 0) is 59.0 Å². The van der Waals surface area contributed by atoms with Crippen LogP contribution in [0.4, 0.5) is 4.39 Å². The van der Waals surface area contributed by atoms with Crippen molar-refractivity contribution >= 4 is 46.9 Å². The molecule has 0 radical (unpaired) electrons. The molecule has 1 saturated heterocycles. The maximum atomic E-state index is 13.9. The van der Waals surface area contributed by atoms with Crippen molar-refractivity contribution in [1.29, 1.82) is 0 Å². The van der Waals surface area contributed by atoms with Crippen molar-refractivity contribution in [1.82, 2.24) is 15.1 Å². The SMILES string of the molecule is CC(C)(C)c1ccc(C(=O)N2CCN(C(=O)c3ccc(Cl)c(Cl)c3)C2C(=O)NC(CC(=O)O)c2ccc(F)cc2)cc1. The highest BCUT2D eigenvalue weighted by Gasteiger charge is 2.44. The number of rotatable bonds is 7. The summed E-state index contributed by atoms with van der Waals surface area (Å²) < 4.78 is 13.6. The first-order valence-electron chi connectivity index (χ1n) is 13.2. The molecule has 0 aliphatic carbocycles. The van der Waals surface area contributed by atoms with E-state index in [1.54, 1.807) is 12.1 Å². The normalized spacial score (nSPS) is 15.8. The molecule has 8 nitrogen and oxygen atoms in total. The zero-order chi connectivity index (χ0) is 30.8. The number of carbonyl (C=O) groups excluding carboxylic acids is 3. The van der Waals surface area contributed by atoms with Crippen LogP contribution in [0.25, 0.3) is 0 Å². The summed E-state index contributed by atoms with van der Waals surface area (Å²) in [5.74, 6) is -3.54. The van der Waals surface area contributed by atoms with Gasteiger partial charge in [-0.1, -0.05) is 68.2 Å². The Kier molecular flexibility index (Phi) is 9.23. The van der Waals surface area contributed by atoms with E-state index in [2.05, 4.69) is 5.32 Å². The molecular formula is C31H30Cl2FN3O5. The molecule has 220 valence electrons. The largest absolute Gasteiger partial charge is 0.481 e. The molecule has 42 heavy (non-hydrogen) atoms. The predicted molar refractivity (Wildman–Crippen MR) is 157 cm³/mol. The molecule has 0 saturated carbocycles. The van der Waals surface area contributed by atoms with Crippen molar-refractivity contribution in [2.45, 2.75) is 44.8 Å². The first kappa shape index (κ1) is 31.0. The van der Waals surface area contributed by atoms with Crippen LogP contribution < -0.4 is 5.32 Å². The van der Waals surface area contributed by atoms with Crippen LogP contribution in [0.15, 0.2) is 66.7 Å². The predicted octanol–water partition coefficient (Wildman–Crippen LogP) is 5.69. The zero-order valence-corrected chi connectivity index (χ0v) is 24.7. The summed E-state index contributed by atoms with van der Waals surface area (Å²) in [6.07, 6.45) is -1.91. The molecule has 0 bridgehead atoms. The highest BCUT2D eigenvalue weighted by molar-refractivity contribution is 6.42. The lowest BCUT2D eigenvalue weighted by atomic mass is 9.86. The lowest BCUT2D eigenvalue weighted by molar-refractivity contribution is -0.138. The average molecular weight is 615 g/mol. The molecular weight excluding hydrogens is 584 g/mol. The van der Waals surface area contributed by atoms with Crippen LogP contribution in [-0.2, 0) is 15.0 Å². The van der Waals surface area contributed by atoms with Gasteiger partial charge in [-0.2, -0.15) is 0 Å². The molecule has 1 fully saturated rings. The summed E-state index contributed by atoms with van der Waals surface area (Å²) >= 11 is 12.2. The third-order valence-corrected chi connectivity index (χ3v) is 7.80. The average Bonchev–Trinajstić information content (AvgIpc) is 3.38. The fourth-order valence-electron chi connectivity index (χ4n) is 4.78. The van der Waals surface area contributed by atoms with E-state index >= 15 is 0 Å². The highest BCUT2D eigenvalue weighted by atomic mass is 35.5. The van der Waals surface area contributed by atoms with E-state index in [4.69, 9.17) is 23.2 Å². The van der Waals surface area contributed by atoms with E-state index in [0.717, 1.165) is 17.7 Å². The number of carbonyl (C=O) groups is 4. The molecule has 3 aromatic carbocycles. The van der Waals surface area contributed by atoms with Gasteiger partial charge in [0.25, 0.3) is 17.7 Å². The van der Waals surface area contributed by atoms with Gasteiger partial charge in [-0.3, -0.25) is 19.2 Å². The first-order chi connectivity index (χ1) is 19.8. The minimum atomic E-state index is -1.40. The van der Waals surface area contributed by atoms with Crippen LogP contribution in [0, 0.1) is 5.82 Å². The number of nitrogens with zero attached hydrogens (tertiary/aromatic N) is 2. The Hall–Kier alpha value is -3.95. The highest BCUT2D eigenvalue weighted by Crippen LogP contribution is 2.28. The minimum Gasteiger partial charge on any atom is -0.481 e. The number of hydrogen-bond acceptors (Lipinski definition) is 4. The van der Waals surface area contributed by atoms with E-state index in [-0.39, 0.29) is 34.1 Å². The Balaban J connectivity index is 1.69. The van der Waals surface area contributed by atoms with Gasteiger partial charge in [0, 0.05) is 24.2 Å². The summed E-state index contributed by atoms with van der Waals surface area (Å²) in [4.78, 5) is 55.4. The summed E-state index contributed by atoms with van der Waals surface area (Å²) in [7, 11) is 0. The van der Waals surface area contributed by atoms with Gasteiger partial charge in [-0.25, -0.2) is 4.39 Å². The molecule has 4 rings (SSSR count). The number of halogens is 3. The maximum absolute atomic E-state index is 13.9. The van der Waals surface area contributed by atoms with Crippen molar-refractivity contribution in [2.24, 2.45) is 0 Å². The second kappa shape index (κ2) is 12.5. The number of amides is 3. The van der Waals surface area contributed by atoms with Gasteiger partial charge < -0.3 is 20.2 Å². The lowest BCUT2D eigenvalue weighted by Crippen LogP contribution is -2.54. The minimum absolute atomic E-state index is 0.0309. The van der Waals surface area contributed by atoms with E-state index in [0.29, 0.717) is 11.1 Å². The monoisotopic (exact) mass is 613 g/mol. The third-order valence-electron chi connectivity index (χ3n) is 7.06. The van der Waals surface area contributed by atoms with Crippen molar-refractivity contribution in [3.05, 3.63) is 105 Å². The molecule has 1 aliphatic heterocycles. The molecule has 0 aromatic heterocycles. The topological polar surface area (TPSA) is 107 Å². The Morgan fingerprint density at radius 3 is 1.95 bits per heavy atom. The van der Waals surface area contributed by atoms with E-state index < -0.39 is 48.1 Å². The summed E-state index contributed by atoms with van der Waals surface area (Å²) in [6.45, 7) is 6.22. The standard InChI is InChI=1S/C31H30Cl2FN3O5/c1-31(2,3)21-9-4-19(5-10-21)29(41)36-14-15-37(30(42)20-8-13-23(32)24(33)16-20)28(36)27(40)35-25(17-26(38)39)18-6-11-22(34)12-7-18/h4-13,16,25,28H,14-15,17H2,1-3H3,(H,35,40)(H,38,39). The molecule has 2 unspecified atom stereocenters. The Morgan fingerprint density at radius 2 is 1.43 bits per heavy atom. The second-order valence-electron chi connectivity index (χ2n) is 11.0. The zero-order valence-electron chi connectivity index (χ0n) is 23.2. The fourth-order valence-corrected chi connectivity index (χ4v) is 5.08. The van der Waals surface area contributed by atoms with Crippen LogP contribution in [0.2, 0.25) is 10.0 Å². The maximum Gasteiger partial charge on any atom is 0.305 e. The Bertz CT molecular complexity index is 1510. The van der Waals surface area contributed by atoms with Crippen LogP contribution in [-0.4, -0.2) is 57.9 Å². The van der Waals surface area contributed by atoms with Gasteiger partial charge in [-0.15, -0.1) is 0 Å². The summed E-state index contributed by atoms with van der Waals surface area (Å²) in [5, 5.41) is 12.6. The van der Waals surface area contributed by atoms with Crippen molar-refractivity contribution < 1.29 is 28.7 Å². The lowest BCUT2D eigenvalue weighted by Gasteiger charge is -2.31. The third kappa shape index (κ3) is 6.91. The van der Waals surface area contributed by atoms with Crippen LogP contribution >= 0.6 is 23.2 Å². The molecule has 2 N–H and O–H groups in total. The number of hydrogen-bond donors (Lipinski definition) is 2. The number of benzene rings is 3. The molecule has 3 aromatic rings. The molecule has 3 amide bonds. The van der Waals surface area contributed by atoms with Crippen LogP contribution in [0.3, 0.4) is 0 Å². The van der Waals surface area contributed by atoms with Crippen LogP contribution in [0.1, 0.15) is 65.1 Å². The van der Waals surface area contributed by atoms with E-state index in [9.17, 15) is 28.7 Å². The first-order valence-corrected chi connectivity index (χ1v) is 14.0. The number of carboxylic acid groups (broad SMARTS) is 1. The number of nitrogens with one attached hydrogen (secondary N) is 1. The molecule has 2 atom stereocenters. The van der Waals surface area contributed by atoms with Gasteiger partial charge in [0.1, 0.15) is 5.82 Å². The molecule has 11 heteroatoms. The fraction of sp³-hybridized carbons (Fsp3) is 0.290. The Morgan fingerprint density at radius 1 is 0.881 bits per heavy atom. The molecule has 1 aliphatic rings.